The first-order valence-corrected chi connectivity index (χ1v) is 18.0. The van der Waals surface area contributed by atoms with Crippen molar-refractivity contribution in [2.75, 3.05) is 6.54 Å². The summed E-state index contributed by atoms with van der Waals surface area (Å²) in [6.45, 7) is 25.4. The van der Waals surface area contributed by atoms with Gasteiger partial charge in [-0.15, -0.1) is 12.4 Å². The van der Waals surface area contributed by atoms with E-state index in [4.69, 9.17) is 19.9 Å². The minimum Gasteiger partial charge on any atom is -0.459 e. The summed E-state index contributed by atoms with van der Waals surface area (Å²) in [6.07, 6.45) is 2.69. The number of rotatable bonds is 13. The molecule has 0 aromatic heterocycles. The van der Waals surface area contributed by atoms with E-state index in [0.717, 1.165) is 36.8 Å². The number of carbonyl (C=O) groups excluding carboxylic acids is 4. The van der Waals surface area contributed by atoms with E-state index in [1.807, 2.05) is 38.1 Å². The predicted octanol–water partition coefficient (Wildman–Crippen LogP) is 11.2. The molecule has 0 aliphatic rings. The van der Waals surface area contributed by atoms with Crippen LogP contribution < -0.4 is 16.4 Å². The summed E-state index contributed by atoms with van der Waals surface area (Å²) in [5, 5.41) is 5.46. The van der Waals surface area contributed by atoms with Crippen LogP contribution in [0.2, 0.25) is 0 Å². The number of nitrogens with two attached hydrogens (primary N) is 1. The first kappa shape index (κ1) is 58.1. The maximum atomic E-state index is 12.5. The summed E-state index contributed by atoms with van der Waals surface area (Å²) < 4.78 is 15.5. The SMILES string of the molecule is C.C.C.CC(C)OC(=O)c1ccc([C@@H](CCC(C)(C)C)NC(=O)CNC(=O)OC(C)(C)C)cc1.CC(C)OC(=O)c1ccc([C@H](N)CCC(C)(C)C)cc1.Cl. The van der Waals surface area contributed by atoms with Gasteiger partial charge in [-0.1, -0.05) is 88.1 Å². The van der Waals surface area contributed by atoms with Gasteiger partial charge >= 0.3 is 18.0 Å². The fraction of sp³-hybridized carbons (Fsp3) is 0.636. The highest BCUT2D eigenvalue weighted by atomic mass is 35.5. The molecule has 0 spiro atoms. The minimum atomic E-state index is -0.637. The maximum Gasteiger partial charge on any atom is 0.408 e. The highest BCUT2D eigenvalue weighted by Crippen LogP contribution is 2.28. The molecule has 0 unspecified atom stereocenters. The average molecular weight is 797 g/mol. The van der Waals surface area contributed by atoms with Gasteiger partial charge in [0.25, 0.3) is 0 Å². The number of amides is 2. The van der Waals surface area contributed by atoms with Crippen molar-refractivity contribution < 1.29 is 33.4 Å². The van der Waals surface area contributed by atoms with Crippen molar-refractivity contribution >= 4 is 36.3 Å². The quantitative estimate of drug-likeness (QED) is 0.134. The van der Waals surface area contributed by atoms with Gasteiger partial charge in [0.2, 0.25) is 5.91 Å². The molecule has 0 aliphatic carbocycles. The molecule has 2 aromatic rings. The number of hydrogen-bond acceptors (Lipinski definition) is 8. The van der Waals surface area contributed by atoms with Crippen molar-refractivity contribution in [3.63, 3.8) is 0 Å². The Balaban J connectivity index is -0.000000475. The predicted molar refractivity (Wildman–Crippen MR) is 231 cm³/mol. The van der Waals surface area contributed by atoms with E-state index < -0.39 is 11.7 Å². The molecular weight excluding hydrogens is 718 g/mol. The Kier molecular flexibility index (Phi) is 27.7. The van der Waals surface area contributed by atoms with Crippen molar-refractivity contribution in [2.24, 2.45) is 16.6 Å². The van der Waals surface area contributed by atoms with Gasteiger partial charge in [0, 0.05) is 6.04 Å². The molecule has 0 fully saturated rings. The van der Waals surface area contributed by atoms with Crippen LogP contribution in [0.25, 0.3) is 0 Å². The molecule has 0 radical (unpaired) electrons. The van der Waals surface area contributed by atoms with E-state index in [0.29, 0.717) is 16.5 Å². The van der Waals surface area contributed by atoms with Crippen LogP contribution in [0, 0.1) is 10.8 Å². The topological polar surface area (TPSA) is 146 Å². The van der Waals surface area contributed by atoms with Gasteiger partial charge in [0.15, 0.2) is 0 Å². The molecule has 55 heavy (non-hydrogen) atoms. The summed E-state index contributed by atoms with van der Waals surface area (Å²) in [6, 6.07) is 14.2. The molecule has 0 saturated carbocycles. The van der Waals surface area contributed by atoms with E-state index in [2.05, 4.69) is 52.2 Å². The van der Waals surface area contributed by atoms with Crippen molar-refractivity contribution in [3.8, 4) is 0 Å². The average Bonchev–Trinajstić information content (AvgIpc) is 2.99. The zero-order chi connectivity index (χ0) is 39.2. The zero-order valence-electron chi connectivity index (χ0n) is 33.8. The normalized spacial score (nSPS) is 12.1. The van der Waals surface area contributed by atoms with Crippen molar-refractivity contribution in [2.45, 2.75) is 168 Å². The Hall–Kier alpha value is -3.63. The van der Waals surface area contributed by atoms with Crippen LogP contribution in [-0.2, 0) is 19.0 Å². The molecule has 2 amide bonds. The Labute approximate surface area is 341 Å². The zero-order valence-corrected chi connectivity index (χ0v) is 34.6. The summed E-state index contributed by atoms with van der Waals surface area (Å²) in [7, 11) is 0. The molecular formula is C44H78ClN3O7. The molecule has 0 bridgehead atoms. The lowest BCUT2D eigenvalue weighted by Gasteiger charge is -2.25. The van der Waals surface area contributed by atoms with E-state index in [1.54, 1.807) is 58.9 Å². The molecule has 11 heteroatoms. The first-order valence-electron chi connectivity index (χ1n) is 18.0. The third-order valence-electron chi connectivity index (χ3n) is 7.32. The second-order valence-electron chi connectivity index (χ2n) is 16.9. The van der Waals surface area contributed by atoms with Crippen molar-refractivity contribution in [1.29, 1.82) is 0 Å². The number of esters is 2. The van der Waals surface area contributed by atoms with Crippen LogP contribution >= 0.6 is 12.4 Å². The molecule has 2 atom stereocenters. The van der Waals surface area contributed by atoms with Crippen LogP contribution in [0.4, 0.5) is 4.79 Å². The standard InChI is InChI=1S/C24H38N2O5.C17H27NO2.3CH4.ClH/c1-16(2)30-21(28)18-11-9-17(10-12-18)19(13-14-23(3,4)5)26-20(27)15-25-22(29)31-24(6,7)8;1-12(2)20-16(19)14-8-6-13(7-9-14)15(18)10-11-17(3,4)5;;;;/h9-12,16,19H,13-15H2,1-8H3,(H,25,29)(H,26,27);6-9,12,15H,10-11,18H2,1-5H3;3*1H4;1H/t19-;15-;;;;/m11..../s1. The van der Waals surface area contributed by atoms with Gasteiger partial charge in [-0.05, 0) is 120 Å². The smallest absolute Gasteiger partial charge is 0.408 e. The lowest BCUT2D eigenvalue weighted by atomic mass is 9.87. The first-order chi connectivity index (χ1) is 23.3. The maximum absolute atomic E-state index is 12.5. The van der Waals surface area contributed by atoms with E-state index in [1.165, 1.54) is 0 Å². The number of benzene rings is 2. The van der Waals surface area contributed by atoms with Crippen molar-refractivity contribution in [1.82, 2.24) is 10.6 Å². The van der Waals surface area contributed by atoms with Gasteiger partial charge in [-0.2, -0.15) is 0 Å². The lowest BCUT2D eigenvalue weighted by molar-refractivity contribution is -0.121. The van der Waals surface area contributed by atoms with Crippen LogP contribution in [0.1, 0.15) is 182 Å². The van der Waals surface area contributed by atoms with Crippen LogP contribution in [-0.4, -0.2) is 48.3 Å². The van der Waals surface area contributed by atoms with Gasteiger partial charge in [-0.25, -0.2) is 14.4 Å². The van der Waals surface area contributed by atoms with Gasteiger partial charge < -0.3 is 30.6 Å². The Morgan fingerprint density at radius 2 is 1.02 bits per heavy atom. The number of hydrogen-bond donors (Lipinski definition) is 3. The van der Waals surface area contributed by atoms with E-state index in [9.17, 15) is 19.2 Å². The molecule has 2 aromatic carbocycles. The Morgan fingerprint density at radius 1 is 0.636 bits per heavy atom. The highest BCUT2D eigenvalue weighted by Gasteiger charge is 2.22. The number of nitrogens with one attached hydrogen (secondary N) is 2. The van der Waals surface area contributed by atoms with Crippen LogP contribution in [0.15, 0.2) is 48.5 Å². The lowest BCUT2D eigenvalue weighted by Crippen LogP contribution is -2.41. The summed E-state index contributed by atoms with van der Waals surface area (Å²) in [5.74, 6) is -0.971. The minimum absolute atomic E-state index is 0. The second-order valence-corrected chi connectivity index (χ2v) is 16.9. The Morgan fingerprint density at radius 3 is 1.38 bits per heavy atom. The van der Waals surface area contributed by atoms with E-state index >= 15 is 0 Å². The molecule has 318 valence electrons. The van der Waals surface area contributed by atoms with E-state index in [-0.39, 0.29) is 88.8 Å². The summed E-state index contributed by atoms with van der Waals surface area (Å²) in [5.41, 5.74) is 8.94. The molecule has 0 saturated heterocycles. The summed E-state index contributed by atoms with van der Waals surface area (Å²) >= 11 is 0. The van der Waals surface area contributed by atoms with Crippen molar-refractivity contribution in [3.05, 3.63) is 70.8 Å². The largest absolute Gasteiger partial charge is 0.459 e. The van der Waals surface area contributed by atoms with Gasteiger partial charge in [0.05, 0.1) is 29.4 Å². The fourth-order valence-electron chi connectivity index (χ4n) is 4.65. The second kappa shape index (κ2) is 26.3. The molecule has 2 rings (SSSR count). The number of halogens is 1. The molecule has 0 aliphatic heterocycles. The Bertz CT molecular complexity index is 1390. The third-order valence-corrected chi connectivity index (χ3v) is 7.32. The fourth-order valence-corrected chi connectivity index (χ4v) is 4.65. The highest BCUT2D eigenvalue weighted by molar-refractivity contribution is 5.90. The van der Waals surface area contributed by atoms with Gasteiger partial charge in [-0.3, -0.25) is 4.79 Å². The van der Waals surface area contributed by atoms with Crippen LogP contribution in [0.3, 0.4) is 0 Å². The van der Waals surface area contributed by atoms with Gasteiger partial charge in [0.1, 0.15) is 12.1 Å². The molecule has 4 N–H and O–H groups in total. The third kappa shape index (κ3) is 26.8. The number of carbonyl (C=O) groups is 4. The molecule has 0 heterocycles. The molecule has 10 nitrogen and oxygen atoms in total. The number of alkyl carbamates (subject to hydrolysis) is 1. The number of ether oxygens (including phenoxy) is 3. The summed E-state index contributed by atoms with van der Waals surface area (Å²) in [4.78, 5) is 48.1. The monoisotopic (exact) mass is 796 g/mol. The van der Waals surface area contributed by atoms with Crippen LogP contribution in [0.5, 0.6) is 0 Å².